The monoisotopic (exact) mass is 345 g/mol. The van der Waals surface area contributed by atoms with Crippen molar-refractivity contribution in [2.45, 2.75) is 38.5 Å². The van der Waals surface area contributed by atoms with Gasteiger partial charge in [0, 0.05) is 18.5 Å². The van der Waals surface area contributed by atoms with E-state index < -0.39 is 0 Å². The highest BCUT2D eigenvalue weighted by Gasteiger charge is 2.22. The molecule has 0 unspecified atom stereocenters. The van der Waals surface area contributed by atoms with E-state index in [1.54, 1.807) is 4.90 Å². The van der Waals surface area contributed by atoms with Crippen molar-refractivity contribution >= 4 is 23.5 Å². The molecule has 1 saturated heterocycles. The summed E-state index contributed by atoms with van der Waals surface area (Å²) < 4.78 is 5.52. The first kappa shape index (κ1) is 16.7. The summed E-state index contributed by atoms with van der Waals surface area (Å²) in [6.07, 6.45) is 1.46. The molecule has 0 N–H and O–H groups in total. The van der Waals surface area contributed by atoms with E-state index in [1.165, 1.54) is 11.8 Å². The topological polar surface area (TPSA) is 76.3 Å². The number of hydrogen-bond acceptors (Lipinski definition) is 6. The summed E-state index contributed by atoms with van der Waals surface area (Å²) in [6, 6.07) is 5.69. The quantitative estimate of drug-likeness (QED) is 0.592. The van der Waals surface area contributed by atoms with E-state index in [0.717, 1.165) is 24.1 Å². The normalized spacial score (nSPS) is 14.4. The molecule has 0 aliphatic carbocycles. The van der Waals surface area contributed by atoms with Gasteiger partial charge < -0.3 is 9.32 Å². The third-order valence-electron chi connectivity index (χ3n) is 4.10. The van der Waals surface area contributed by atoms with E-state index in [1.807, 2.05) is 32.0 Å². The molecule has 24 heavy (non-hydrogen) atoms. The molecule has 1 aromatic heterocycles. The van der Waals surface area contributed by atoms with Crippen molar-refractivity contribution in [2.24, 2.45) is 0 Å². The number of amides is 1. The van der Waals surface area contributed by atoms with E-state index in [0.29, 0.717) is 29.6 Å². The molecule has 126 valence electrons. The molecule has 2 heterocycles. The highest BCUT2D eigenvalue weighted by atomic mass is 32.2. The van der Waals surface area contributed by atoms with Gasteiger partial charge in [-0.15, -0.1) is 10.2 Å². The zero-order valence-electron chi connectivity index (χ0n) is 13.7. The number of ketones is 1. The third kappa shape index (κ3) is 3.84. The Bertz CT molecular complexity index is 772. The van der Waals surface area contributed by atoms with Crippen LogP contribution in [-0.4, -0.2) is 39.1 Å². The maximum absolute atomic E-state index is 12.2. The SMILES string of the molecule is Cc1ccc(C(=O)CSc2nnc(CN3CCCC3=O)o2)cc1C. The Morgan fingerprint density at radius 1 is 1.29 bits per heavy atom. The van der Waals surface area contributed by atoms with Gasteiger partial charge in [-0.1, -0.05) is 23.9 Å². The number of benzene rings is 1. The van der Waals surface area contributed by atoms with Crippen LogP contribution in [0.25, 0.3) is 0 Å². The van der Waals surface area contributed by atoms with Crippen LogP contribution in [0.15, 0.2) is 27.8 Å². The van der Waals surface area contributed by atoms with Crippen LogP contribution in [0.1, 0.15) is 40.2 Å². The zero-order chi connectivity index (χ0) is 17.1. The first-order chi connectivity index (χ1) is 11.5. The molecule has 1 aliphatic heterocycles. The predicted octanol–water partition coefficient (Wildman–Crippen LogP) is 2.78. The van der Waals surface area contributed by atoms with Crippen molar-refractivity contribution in [3.05, 3.63) is 40.8 Å². The summed E-state index contributed by atoms with van der Waals surface area (Å²) in [6.45, 7) is 5.08. The van der Waals surface area contributed by atoms with Crippen LogP contribution in [0.4, 0.5) is 0 Å². The number of Topliss-reactive ketones (excluding diaryl/α,β-unsaturated/α-hetero) is 1. The van der Waals surface area contributed by atoms with Gasteiger partial charge in [-0.2, -0.15) is 0 Å². The Balaban J connectivity index is 1.55. The van der Waals surface area contributed by atoms with Crippen molar-refractivity contribution in [1.82, 2.24) is 15.1 Å². The van der Waals surface area contributed by atoms with Crippen molar-refractivity contribution in [1.29, 1.82) is 0 Å². The lowest BCUT2D eigenvalue weighted by atomic mass is 10.0. The molecule has 1 aromatic carbocycles. The zero-order valence-corrected chi connectivity index (χ0v) is 14.6. The number of nitrogens with zero attached hydrogens (tertiary/aromatic N) is 3. The molecule has 6 nitrogen and oxygen atoms in total. The number of rotatable bonds is 6. The molecule has 7 heteroatoms. The standard InChI is InChI=1S/C17H19N3O3S/c1-11-5-6-13(8-12(11)2)14(21)10-24-17-19-18-15(23-17)9-20-7-3-4-16(20)22/h5-6,8H,3-4,7,9-10H2,1-2H3. The lowest BCUT2D eigenvalue weighted by Gasteiger charge is -2.11. The Morgan fingerprint density at radius 2 is 2.12 bits per heavy atom. The van der Waals surface area contributed by atoms with Crippen molar-refractivity contribution < 1.29 is 14.0 Å². The van der Waals surface area contributed by atoms with Crippen LogP contribution in [0.3, 0.4) is 0 Å². The summed E-state index contributed by atoms with van der Waals surface area (Å²) in [7, 11) is 0. The highest BCUT2D eigenvalue weighted by Crippen LogP contribution is 2.20. The molecular weight excluding hydrogens is 326 g/mol. The van der Waals surface area contributed by atoms with Gasteiger partial charge in [0.05, 0.1) is 12.3 Å². The van der Waals surface area contributed by atoms with Gasteiger partial charge >= 0.3 is 0 Å². The second-order valence-electron chi connectivity index (χ2n) is 5.89. The molecule has 1 aliphatic rings. The first-order valence-electron chi connectivity index (χ1n) is 7.86. The summed E-state index contributed by atoms with van der Waals surface area (Å²) in [5.74, 6) is 0.795. The number of carbonyl (C=O) groups excluding carboxylic acids is 2. The molecule has 1 fully saturated rings. The van der Waals surface area contributed by atoms with E-state index in [2.05, 4.69) is 10.2 Å². The minimum absolute atomic E-state index is 0.0255. The van der Waals surface area contributed by atoms with Crippen LogP contribution in [-0.2, 0) is 11.3 Å². The minimum Gasteiger partial charge on any atom is -0.414 e. The van der Waals surface area contributed by atoms with E-state index in [4.69, 9.17) is 4.42 Å². The molecule has 0 saturated carbocycles. The van der Waals surface area contributed by atoms with Gasteiger partial charge in [-0.05, 0) is 37.5 Å². The molecule has 0 atom stereocenters. The van der Waals surface area contributed by atoms with E-state index in [9.17, 15) is 9.59 Å². The average Bonchev–Trinajstić information content (AvgIpc) is 3.18. The van der Waals surface area contributed by atoms with Crippen molar-refractivity contribution in [3.63, 3.8) is 0 Å². The first-order valence-corrected chi connectivity index (χ1v) is 8.85. The van der Waals surface area contributed by atoms with Gasteiger partial charge in [-0.3, -0.25) is 9.59 Å². The fourth-order valence-corrected chi connectivity index (χ4v) is 3.20. The average molecular weight is 345 g/mol. The molecule has 0 bridgehead atoms. The lowest BCUT2D eigenvalue weighted by Crippen LogP contribution is -2.23. The molecule has 3 rings (SSSR count). The Hall–Kier alpha value is -2.15. The molecule has 0 spiro atoms. The largest absolute Gasteiger partial charge is 0.414 e. The Labute approximate surface area is 144 Å². The Morgan fingerprint density at radius 3 is 2.83 bits per heavy atom. The van der Waals surface area contributed by atoms with Crippen molar-refractivity contribution in [2.75, 3.05) is 12.3 Å². The molecule has 2 aromatic rings. The maximum atomic E-state index is 12.2. The summed E-state index contributed by atoms with van der Waals surface area (Å²) in [5, 5.41) is 8.24. The highest BCUT2D eigenvalue weighted by molar-refractivity contribution is 7.99. The molecular formula is C17H19N3O3S. The number of thioether (sulfide) groups is 1. The second kappa shape index (κ2) is 7.17. The summed E-state index contributed by atoms with van der Waals surface area (Å²) >= 11 is 1.22. The van der Waals surface area contributed by atoms with Crippen LogP contribution in [0.2, 0.25) is 0 Å². The number of likely N-dealkylation sites (tertiary alicyclic amines) is 1. The van der Waals surface area contributed by atoms with Crippen LogP contribution in [0, 0.1) is 13.8 Å². The minimum atomic E-state index is 0.0255. The van der Waals surface area contributed by atoms with E-state index in [-0.39, 0.29) is 17.4 Å². The second-order valence-corrected chi connectivity index (χ2v) is 6.82. The van der Waals surface area contributed by atoms with Gasteiger partial charge in [0.25, 0.3) is 5.22 Å². The van der Waals surface area contributed by atoms with Gasteiger partial charge in [-0.25, -0.2) is 0 Å². The number of carbonyl (C=O) groups is 2. The number of aryl methyl sites for hydroxylation is 2. The van der Waals surface area contributed by atoms with Gasteiger partial charge in [0.1, 0.15) is 0 Å². The van der Waals surface area contributed by atoms with E-state index >= 15 is 0 Å². The smallest absolute Gasteiger partial charge is 0.277 e. The predicted molar refractivity (Wildman–Crippen MR) is 89.9 cm³/mol. The van der Waals surface area contributed by atoms with Gasteiger partial charge in [0.2, 0.25) is 11.8 Å². The maximum Gasteiger partial charge on any atom is 0.277 e. The Kier molecular flexibility index (Phi) is 4.99. The fraction of sp³-hybridized carbons (Fsp3) is 0.412. The molecule has 0 radical (unpaired) electrons. The molecule has 1 amide bonds. The van der Waals surface area contributed by atoms with Crippen LogP contribution in [0.5, 0.6) is 0 Å². The lowest BCUT2D eigenvalue weighted by molar-refractivity contribution is -0.128. The number of hydrogen-bond donors (Lipinski definition) is 0. The fourth-order valence-electron chi connectivity index (χ4n) is 2.52. The number of aromatic nitrogens is 2. The van der Waals surface area contributed by atoms with Crippen molar-refractivity contribution in [3.8, 4) is 0 Å². The summed E-state index contributed by atoms with van der Waals surface area (Å²) in [5.41, 5.74) is 2.95. The summed E-state index contributed by atoms with van der Waals surface area (Å²) in [4.78, 5) is 25.6. The van der Waals surface area contributed by atoms with Crippen LogP contribution >= 0.6 is 11.8 Å². The van der Waals surface area contributed by atoms with Crippen LogP contribution < -0.4 is 0 Å². The van der Waals surface area contributed by atoms with Gasteiger partial charge in [0.15, 0.2) is 5.78 Å². The third-order valence-corrected chi connectivity index (χ3v) is 4.92.